The number of aliphatic hydroxyl groups excluding tert-OH is 1. The van der Waals surface area contributed by atoms with Crippen LogP contribution in [0.4, 0.5) is 0 Å². The molecule has 42 heavy (non-hydrogen) atoms. The van der Waals surface area contributed by atoms with Crippen LogP contribution in [0.1, 0.15) is 50.5 Å². The molecule has 3 amide bonds. The number of nitrogens with zero attached hydrogens (tertiary/aromatic N) is 1. The Morgan fingerprint density at radius 3 is 2.43 bits per heavy atom. The van der Waals surface area contributed by atoms with Crippen LogP contribution in [0.15, 0.2) is 48.5 Å². The first-order valence-electron chi connectivity index (χ1n) is 13.7. The van der Waals surface area contributed by atoms with E-state index in [9.17, 15) is 29.1 Å². The summed E-state index contributed by atoms with van der Waals surface area (Å²) in [6.07, 6.45) is -2.14. The molecule has 13 nitrogen and oxygen atoms in total. The Balaban J connectivity index is 1.56. The Labute approximate surface area is 242 Å². The van der Waals surface area contributed by atoms with E-state index < -0.39 is 72.9 Å². The van der Waals surface area contributed by atoms with Gasteiger partial charge in [0.1, 0.15) is 11.7 Å². The van der Waals surface area contributed by atoms with Crippen molar-refractivity contribution in [1.82, 2.24) is 20.9 Å². The first kappa shape index (κ1) is 30.7. The number of carbonyl (C=O) groups is 5. The zero-order valence-electron chi connectivity index (χ0n) is 23.8. The van der Waals surface area contributed by atoms with Crippen molar-refractivity contribution in [3.05, 3.63) is 54.2 Å². The number of aliphatic carboxylic acids is 1. The summed E-state index contributed by atoms with van der Waals surface area (Å²) in [6, 6.07) is 12.6. The number of nitrogens with one attached hydrogen (secondary N) is 3. The lowest BCUT2D eigenvalue weighted by Crippen LogP contribution is -2.68. The van der Waals surface area contributed by atoms with Crippen LogP contribution in [0, 0.1) is 5.92 Å². The number of fused-ring (bicyclic) bond motifs is 2. The minimum Gasteiger partial charge on any atom is -0.715 e. The number of amides is 3. The van der Waals surface area contributed by atoms with Gasteiger partial charge in [0.25, 0.3) is 11.9 Å². The van der Waals surface area contributed by atoms with Crippen LogP contribution in [-0.4, -0.2) is 81.9 Å². The van der Waals surface area contributed by atoms with Crippen molar-refractivity contribution in [3.63, 3.8) is 0 Å². The molecule has 5 atom stereocenters. The van der Waals surface area contributed by atoms with E-state index >= 15 is 0 Å². The molecule has 1 aromatic heterocycles. The summed E-state index contributed by atoms with van der Waals surface area (Å²) >= 11 is 0. The molecule has 2 aliphatic heterocycles. The fourth-order valence-electron chi connectivity index (χ4n) is 5.16. The first-order chi connectivity index (χ1) is 19.9. The third kappa shape index (κ3) is 6.44. The maximum Gasteiger partial charge on any atom is 0.594 e. The fourth-order valence-corrected chi connectivity index (χ4v) is 5.16. The zero-order chi connectivity index (χ0) is 30.7. The van der Waals surface area contributed by atoms with Crippen LogP contribution in [0.5, 0.6) is 0 Å². The molecular weight excluding hydrogens is 547 g/mol. The highest BCUT2D eigenvalue weighted by Crippen LogP contribution is 2.41. The molecule has 2 fully saturated rings. The highest BCUT2D eigenvalue weighted by Gasteiger charge is 2.70. The Kier molecular flexibility index (Phi) is 8.97. The molecule has 1 aromatic carbocycles. The maximum atomic E-state index is 13.5. The topological polar surface area (TPSA) is 186 Å². The molecule has 0 radical (unpaired) electrons. The van der Waals surface area contributed by atoms with Gasteiger partial charge in [0.05, 0.1) is 24.6 Å². The number of carboxylic acids is 1. The van der Waals surface area contributed by atoms with Gasteiger partial charge in [0, 0.05) is 23.3 Å². The highest BCUT2D eigenvalue weighted by molar-refractivity contribution is 6.67. The predicted octanol–water partition coefficient (Wildman–Crippen LogP) is 0.143. The minimum atomic E-state index is -3.08. The van der Waals surface area contributed by atoms with E-state index in [-0.39, 0.29) is 18.0 Å². The zero-order valence-corrected chi connectivity index (χ0v) is 23.8. The number of benzene rings is 1. The quantitative estimate of drug-likeness (QED) is 0.211. The van der Waals surface area contributed by atoms with Crippen molar-refractivity contribution < 1.29 is 43.0 Å². The van der Waals surface area contributed by atoms with Gasteiger partial charge in [0.2, 0.25) is 17.4 Å². The second-order valence-electron chi connectivity index (χ2n) is 11.0. The Hall–Kier alpha value is -4.30. The van der Waals surface area contributed by atoms with Crippen molar-refractivity contribution in [1.29, 1.82) is 0 Å². The van der Waals surface area contributed by atoms with Crippen molar-refractivity contribution in [2.45, 2.75) is 63.7 Å². The Morgan fingerprint density at radius 1 is 1.07 bits per heavy atom. The monoisotopic (exact) mass is 582 g/mol. The summed E-state index contributed by atoms with van der Waals surface area (Å²) in [5.41, 5.74) is -0.484. The molecule has 0 saturated carbocycles. The van der Waals surface area contributed by atoms with Gasteiger partial charge in [0.15, 0.2) is 0 Å². The Bertz CT molecular complexity index is 1370. The lowest BCUT2D eigenvalue weighted by atomic mass is 9.64. The van der Waals surface area contributed by atoms with Crippen molar-refractivity contribution in [2.75, 3.05) is 7.05 Å². The molecule has 14 heteroatoms. The molecule has 1 unspecified atom stereocenters. The lowest BCUT2D eigenvalue weighted by molar-refractivity contribution is -0.158. The van der Waals surface area contributed by atoms with Gasteiger partial charge >= 0.3 is 12.7 Å². The summed E-state index contributed by atoms with van der Waals surface area (Å²) < 4.78 is 15.6. The van der Waals surface area contributed by atoms with Crippen molar-refractivity contribution >= 4 is 36.4 Å². The second kappa shape index (κ2) is 12.3. The van der Waals surface area contributed by atoms with Crippen LogP contribution in [0.2, 0.25) is 0 Å². The molecule has 0 aliphatic carbocycles. The Morgan fingerprint density at radius 2 is 1.79 bits per heavy atom. The molecule has 5 N–H and O–H groups in total. The van der Waals surface area contributed by atoms with Gasteiger partial charge in [-0.3, -0.25) is 19.2 Å². The highest BCUT2D eigenvalue weighted by atomic mass is 16.8. The minimum absolute atomic E-state index is 0.0243. The summed E-state index contributed by atoms with van der Waals surface area (Å²) in [7, 11) is 1.38. The van der Waals surface area contributed by atoms with Crippen LogP contribution in [0.3, 0.4) is 0 Å². The van der Waals surface area contributed by atoms with Gasteiger partial charge in [-0.15, -0.1) is 0 Å². The number of aromatic nitrogens is 1. The van der Waals surface area contributed by atoms with E-state index in [1.54, 1.807) is 12.1 Å². The van der Waals surface area contributed by atoms with E-state index in [0.29, 0.717) is 5.69 Å². The number of aliphatic hydroxyl groups is 1. The van der Waals surface area contributed by atoms with Crippen LogP contribution in [-0.2, 0) is 28.5 Å². The second-order valence-corrected chi connectivity index (χ2v) is 11.0. The molecule has 0 spiro atoms. The number of hydrogen-bond acceptors (Lipinski definition) is 9. The fraction of sp³-hybridized carbons (Fsp3) is 0.429. The molecule has 4 rings (SSSR count). The van der Waals surface area contributed by atoms with E-state index in [1.807, 2.05) is 44.2 Å². The van der Waals surface area contributed by atoms with E-state index in [2.05, 4.69) is 25.6 Å². The van der Waals surface area contributed by atoms with E-state index in [0.717, 1.165) is 5.56 Å². The summed E-state index contributed by atoms with van der Waals surface area (Å²) in [5, 5.41) is 18.1. The molecule has 3 heterocycles. The number of carbonyl (C=O) groups excluding carboxylic acids is 4. The van der Waals surface area contributed by atoms with Gasteiger partial charge < -0.3 is 35.0 Å². The van der Waals surface area contributed by atoms with Crippen LogP contribution < -0.4 is 16.0 Å². The number of pyridine rings is 1. The summed E-state index contributed by atoms with van der Waals surface area (Å²) in [4.78, 5) is 68.9. The number of rotatable bonds is 11. The van der Waals surface area contributed by atoms with Crippen LogP contribution in [0.25, 0.3) is 11.3 Å². The predicted molar refractivity (Wildman–Crippen MR) is 150 cm³/mol. The van der Waals surface area contributed by atoms with Crippen molar-refractivity contribution in [3.8, 4) is 11.3 Å². The van der Waals surface area contributed by atoms with E-state index in [1.165, 1.54) is 20.0 Å². The van der Waals surface area contributed by atoms with Crippen LogP contribution >= 0.6 is 0 Å². The van der Waals surface area contributed by atoms with E-state index in [4.69, 9.17) is 9.31 Å². The van der Waals surface area contributed by atoms with Gasteiger partial charge in [-0.05, 0) is 25.0 Å². The van der Waals surface area contributed by atoms with Gasteiger partial charge in [-0.1, -0.05) is 56.7 Å². The molecule has 2 aliphatic rings. The third-order valence-electron chi connectivity index (χ3n) is 7.20. The lowest BCUT2D eigenvalue weighted by Gasteiger charge is -2.43. The average molecular weight is 582 g/mol. The van der Waals surface area contributed by atoms with Gasteiger partial charge in [-0.25, -0.2) is 4.98 Å². The normalized spacial score (nSPS) is 23.3. The molecule has 2 saturated heterocycles. The smallest absolute Gasteiger partial charge is 0.594 e. The molecule has 2 bridgehead atoms. The standard InChI is InChI=1S/C28H35BN4O9/c1-16(2)13-21(29-40-23(36)15-28(42-29,27(39)41-29)14-22(35)30-4)32-26(38)24(17(3)34)33-25(37)20-12-8-11-19(31-20)18-9-6-5-7-10-18/h5-12,16-17,21,24,34,41H,13-15H2,1-4H3,(H,30,35)(H,32,38)(H,33,37)/t17-,21+,24+,28+,29?/m1/s1. The third-order valence-corrected chi connectivity index (χ3v) is 7.20. The van der Waals surface area contributed by atoms with Gasteiger partial charge in [-0.2, -0.15) is 0 Å². The maximum absolute atomic E-state index is 13.5. The molecular formula is C28H35BN4O9. The largest absolute Gasteiger partial charge is 0.715 e. The average Bonchev–Trinajstić information content (AvgIpc) is 3.15. The van der Waals surface area contributed by atoms with Crippen molar-refractivity contribution in [2.24, 2.45) is 5.92 Å². The number of hydrogen-bond donors (Lipinski definition) is 4. The first-order valence-corrected chi connectivity index (χ1v) is 13.7. The molecule has 2 aromatic rings. The SMILES string of the molecule is CNC(=O)C[C@@]12CC(=O)O[B-]([C@H](CC(C)C)NC(=O)[C@@H](NC(=O)c3cccc(-c4ccccc4)n3)[C@@H](C)O)(O1)[OH+]C2=O. The molecule has 224 valence electrons. The summed E-state index contributed by atoms with van der Waals surface area (Å²) in [6.45, 7) is 1.92. The summed E-state index contributed by atoms with van der Waals surface area (Å²) in [5.74, 6) is -4.92.